The minimum absolute atomic E-state index is 0.268. The summed E-state index contributed by atoms with van der Waals surface area (Å²) in [5.41, 5.74) is 2.95. The van der Waals surface area contributed by atoms with Crippen molar-refractivity contribution in [1.29, 1.82) is 0 Å². The molecule has 3 rings (SSSR count). The number of hydrogen-bond donors (Lipinski definition) is 2. The summed E-state index contributed by atoms with van der Waals surface area (Å²) in [5, 5.41) is 7.10. The monoisotopic (exact) mass is 462 g/mol. The first-order valence-corrected chi connectivity index (χ1v) is 10.8. The van der Waals surface area contributed by atoms with Gasteiger partial charge in [-0.05, 0) is 52.1 Å². The molecule has 0 aromatic heterocycles. The summed E-state index contributed by atoms with van der Waals surface area (Å²) >= 11 is 0. The Morgan fingerprint density at radius 3 is 2.24 bits per heavy atom. The van der Waals surface area contributed by atoms with Gasteiger partial charge in [0.15, 0.2) is 0 Å². The molecule has 7 heteroatoms. The highest BCUT2D eigenvalue weighted by molar-refractivity contribution is 6.05. The smallest absolute Gasteiger partial charge is 0.326 e. The summed E-state index contributed by atoms with van der Waals surface area (Å²) in [6.07, 6.45) is 2.32. The van der Waals surface area contributed by atoms with Crippen LogP contribution in [0.15, 0.2) is 60.9 Å². The van der Waals surface area contributed by atoms with E-state index >= 15 is 0 Å². The largest absolute Gasteiger partial charge is 0.504 e. The van der Waals surface area contributed by atoms with Crippen LogP contribution in [0, 0.1) is 0 Å². The van der Waals surface area contributed by atoms with E-state index < -0.39 is 11.9 Å². The molecule has 0 aliphatic carbocycles. The van der Waals surface area contributed by atoms with Gasteiger partial charge in [0.1, 0.15) is 11.5 Å². The Morgan fingerprint density at radius 2 is 1.59 bits per heavy atom. The molecule has 0 unspecified atom stereocenters. The summed E-state index contributed by atoms with van der Waals surface area (Å²) in [4.78, 5) is 24.2. The Kier molecular flexibility index (Phi) is 7.46. The third-order valence-electron chi connectivity index (χ3n) is 5.31. The van der Waals surface area contributed by atoms with Gasteiger partial charge < -0.3 is 19.5 Å². The molecule has 7 nitrogen and oxygen atoms in total. The van der Waals surface area contributed by atoms with Crippen LogP contribution in [0.1, 0.15) is 26.3 Å². The molecule has 0 radical (unpaired) electrons. The van der Waals surface area contributed by atoms with Crippen LogP contribution in [0.2, 0.25) is 0 Å². The van der Waals surface area contributed by atoms with Gasteiger partial charge in [-0.2, -0.15) is 0 Å². The highest BCUT2D eigenvalue weighted by atomic mass is 16.5. The van der Waals surface area contributed by atoms with Crippen LogP contribution in [0.25, 0.3) is 21.9 Å². The van der Waals surface area contributed by atoms with Crippen LogP contribution in [0.5, 0.6) is 11.5 Å². The molecule has 178 valence electrons. The van der Waals surface area contributed by atoms with Crippen molar-refractivity contribution in [3.05, 3.63) is 66.4 Å². The maximum Gasteiger partial charge on any atom is 0.326 e. The first-order valence-electron chi connectivity index (χ1n) is 10.8. The molecule has 0 atom stereocenters. The first kappa shape index (κ1) is 24.6. The predicted molar refractivity (Wildman–Crippen MR) is 134 cm³/mol. The number of amides is 3. The van der Waals surface area contributed by atoms with Crippen molar-refractivity contribution in [2.75, 3.05) is 26.6 Å². The second-order valence-electron chi connectivity index (χ2n) is 8.76. The highest BCUT2D eigenvalue weighted by Crippen LogP contribution is 2.42. The number of carbonyl (C=O) groups excluding carboxylic acids is 2. The summed E-state index contributed by atoms with van der Waals surface area (Å²) in [6, 6.07) is 15.1. The van der Waals surface area contributed by atoms with Crippen LogP contribution in [0.3, 0.4) is 0 Å². The van der Waals surface area contributed by atoms with Crippen LogP contribution in [-0.4, -0.2) is 33.3 Å². The molecule has 0 saturated heterocycles. The minimum Gasteiger partial charge on any atom is -0.504 e. The third-order valence-corrected chi connectivity index (χ3v) is 5.31. The molecule has 0 bridgehead atoms. The van der Waals surface area contributed by atoms with Crippen LogP contribution in [0.4, 0.5) is 10.5 Å². The second kappa shape index (κ2) is 10.3. The molecule has 2 N–H and O–H groups in total. The van der Waals surface area contributed by atoms with Gasteiger partial charge in [-0.3, -0.25) is 10.1 Å². The minimum atomic E-state index is -0.646. The van der Waals surface area contributed by atoms with Gasteiger partial charge >= 0.3 is 6.03 Å². The van der Waals surface area contributed by atoms with E-state index in [0.717, 1.165) is 45.0 Å². The van der Waals surface area contributed by atoms with Crippen molar-refractivity contribution in [2.45, 2.75) is 26.2 Å². The summed E-state index contributed by atoms with van der Waals surface area (Å²) in [5.74, 6) is 0.930. The number of anilines is 1. The molecule has 0 heterocycles. The maximum absolute atomic E-state index is 12.4. The third kappa shape index (κ3) is 5.67. The second-order valence-corrected chi connectivity index (χ2v) is 8.76. The van der Waals surface area contributed by atoms with E-state index in [1.165, 1.54) is 13.4 Å². The lowest BCUT2D eigenvalue weighted by atomic mass is 9.83. The van der Waals surface area contributed by atoms with Crippen molar-refractivity contribution in [3.8, 4) is 22.6 Å². The van der Waals surface area contributed by atoms with E-state index in [2.05, 4.69) is 37.5 Å². The van der Waals surface area contributed by atoms with Crippen molar-refractivity contribution >= 4 is 28.4 Å². The lowest BCUT2D eigenvalue weighted by molar-refractivity contribution is -0.115. The Morgan fingerprint density at radius 1 is 0.882 bits per heavy atom. The molecule has 3 aromatic rings. The zero-order valence-corrected chi connectivity index (χ0v) is 20.3. The Labute approximate surface area is 199 Å². The highest BCUT2D eigenvalue weighted by Gasteiger charge is 2.24. The summed E-state index contributed by atoms with van der Waals surface area (Å²) in [7, 11) is 4.70. The van der Waals surface area contributed by atoms with Gasteiger partial charge in [-0.1, -0.05) is 39.0 Å². The van der Waals surface area contributed by atoms with E-state index in [4.69, 9.17) is 14.2 Å². The van der Waals surface area contributed by atoms with E-state index in [1.807, 2.05) is 42.5 Å². The number of fused-ring (bicyclic) bond motifs is 1. The molecule has 0 spiro atoms. The van der Waals surface area contributed by atoms with E-state index in [0.29, 0.717) is 5.69 Å². The van der Waals surface area contributed by atoms with Gasteiger partial charge in [0.25, 0.3) is 5.91 Å². The number of imide groups is 1. The zero-order valence-electron chi connectivity index (χ0n) is 20.3. The van der Waals surface area contributed by atoms with Gasteiger partial charge in [0.2, 0.25) is 0 Å². The SMILES string of the molecule is COC=CC(=O)NC(=O)Nc1cc(-c2ccc3cc(OC)ccc3c2)c(OC)c(C(C)(C)C)c1. The molecular formula is C27H30N2O5. The standard InChI is InChI=1S/C27H30N2O5/c1-27(2,3)23-16-20(28-26(31)29-24(30)11-12-32-4)15-22(25(23)34-6)19-8-7-18-14-21(33-5)10-9-17(18)13-19/h7-16H,1-6H3,(H2,28,29,30,31). The number of urea groups is 1. The van der Waals surface area contributed by atoms with Crippen LogP contribution in [-0.2, 0) is 14.9 Å². The average Bonchev–Trinajstić information content (AvgIpc) is 2.80. The molecule has 3 amide bonds. The first-order chi connectivity index (χ1) is 16.2. The van der Waals surface area contributed by atoms with E-state index in [9.17, 15) is 9.59 Å². The quantitative estimate of drug-likeness (QED) is 0.366. The van der Waals surface area contributed by atoms with Gasteiger partial charge in [-0.25, -0.2) is 4.79 Å². The number of methoxy groups -OCH3 is 3. The van der Waals surface area contributed by atoms with Crippen molar-refractivity contribution in [3.63, 3.8) is 0 Å². The number of hydrogen-bond acceptors (Lipinski definition) is 5. The average molecular weight is 463 g/mol. The molecule has 0 aliphatic rings. The fourth-order valence-corrected chi connectivity index (χ4v) is 3.66. The maximum atomic E-state index is 12.4. The lowest BCUT2D eigenvalue weighted by Crippen LogP contribution is -2.33. The van der Waals surface area contributed by atoms with E-state index in [1.54, 1.807) is 14.2 Å². The Balaban J connectivity index is 2.07. The number of nitrogens with one attached hydrogen (secondary N) is 2. The zero-order chi connectivity index (χ0) is 24.9. The molecule has 3 aromatic carbocycles. The Bertz CT molecular complexity index is 1240. The van der Waals surface area contributed by atoms with Crippen LogP contribution >= 0.6 is 0 Å². The summed E-state index contributed by atoms with van der Waals surface area (Å²) < 4.78 is 15.9. The number of rotatable bonds is 6. The van der Waals surface area contributed by atoms with Crippen molar-refractivity contribution < 1.29 is 23.8 Å². The lowest BCUT2D eigenvalue weighted by Gasteiger charge is -2.25. The van der Waals surface area contributed by atoms with Crippen molar-refractivity contribution in [1.82, 2.24) is 5.32 Å². The molecular weight excluding hydrogens is 432 g/mol. The number of carbonyl (C=O) groups is 2. The molecule has 0 saturated carbocycles. The van der Waals surface area contributed by atoms with Gasteiger partial charge in [0.05, 0.1) is 27.6 Å². The molecule has 0 aliphatic heterocycles. The van der Waals surface area contributed by atoms with E-state index in [-0.39, 0.29) is 5.41 Å². The number of benzene rings is 3. The normalized spacial score (nSPS) is 11.4. The fraction of sp³-hybridized carbons (Fsp3) is 0.259. The van der Waals surface area contributed by atoms with Gasteiger partial charge in [0, 0.05) is 22.9 Å². The van der Waals surface area contributed by atoms with Gasteiger partial charge in [-0.15, -0.1) is 0 Å². The van der Waals surface area contributed by atoms with Crippen LogP contribution < -0.4 is 20.1 Å². The van der Waals surface area contributed by atoms with Crippen molar-refractivity contribution in [2.24, 2.45) is 0 Å². The number of ether oxygens (including phenoxy) is 3. The Hall–Kier alpha value is -4.00. The molecule has 34 heavy (non-hydrogen) atoms. The molecule has 0 fully saturated rings. The topological polar surface area (TPSA) is 85.9 Å². The predicted octanol–water partition coefficient (Wildman–Crippen LogP) is 5.63. The summed E-state index contributed by atoms with van der Waals surface area (Å²) in [6.45, 7) is 6.22. The fourth-order valence-electron chi connectivity index (χ4n) is 3.66.